The Hall–Kier alpha value is -2.10. The van der Waals surface area contributed by atoms with Crippen molar-refractivity contribution in [3.8, 4) is 5.75 Å². The molecule has 1 heterocycles. The number of aromatic nitrogens is 2. The summed E-state index contributed by atoms with van der Waals surface area (Å²) < 4.78 is 5.54. The zero-order valence-corrected chi connectivity index (χ0v) is 12.6. The second-order valence-corrected chi connectivity index (χ2v) is 5.73. The molecule has 0 amide bonds. The third kappa shape index (κ3) is 2.71. The van der Waals surface area contributed by atoms with Gasteiger partial charge in [-0.15, -0.1) is 0 Å². The number of benzene rings is 1. The first-order valence-corrected chi connectivity index (χ1v) is 7.39. The van der Waals surface area contributed by atoms with E-state index in [4.69, 9.17) is 4.74 Å². The predicted octanol–water partition coefficient (Wildman–Crippen LogP) is 3.33. The third-order valence-electron chi connectivity index (χ3n) is 4.40. The van der Waals surface area contributed by atoms with E-state index in [0.717, 1.165) is 23.8 Å². The molecule has 0 bridgehead atoms. The smallest absolute Gasteiger partial charge is 0.129 e. The van der Waals surface area contributed by atoms with Gasteiger partial charge in [-0.2, -0.15) is 0 Å². The average molecular weight is 283 g/mol. The predicted molar refractivity (Wildman–Crippen MR) is 83.8 cm³/mol. The van der Waals surface area contributed by atoms with E-state index in [2.05, 4.69) is 27.4 Å². The number of anilines is 1. The molecule has 110 valence electrons. The Bertz CT molecular complexity index is 623. The summed E-state index contributed by atoms with van der Waals surface area (Å²) in [5.74, 6) is 1.88. The van der Waals surface area contributed by atoms with Crippen molar-refractivity contribution in [3.63, 3.8) is 0 Å². The van der Waals surface area contributed by atoms with Crippen LogP contribution in [0, 0.1) is 6.92 Å². The summed E-state index contributed by atoms with van der Waals surface area (Å²) in [6, 6.07) is 10.3. The topological polar surface area (TPSA) is 47.0 Å². The molecule has 0 aliphatic heterocycles. The van der Waals surface area contributed by atoms with Crippen LogP contribution < -0.4 is 10.1 Å². The first-order valence-electron chi connectivity index (χ1n) is 7.39. The lowest BCUT2D eigenvalue weighted by Gasteiger charge is -2.43. The van der Waals surface area contributed by atoms with Crippen LogP contribution in [0.4, 0.5) is 5.82 Å². The zero-order valence-electron chi connectivity index (χ0n) is 12.6. The molecular weight excluding hydrogens is 262 g/mol. The summed E-state index contributed by atoms with van der Waals surface area (Å²) in [5, 5.41) is 3.47. The summed E-state index contributed by atoms with van der Waals surface area (Å²) in [4.78, 5) is 8.42. The van der Waals surface area contributed by atoms with Gasteiger partial charge in [0.25, 0.3) is 0 Å². The quantitative estimate of drug-likeness (QED) is 0.914. The van der Waals surface area contributed by atoms with Gasteiger partial charge in [0.2, 0.25) is 0 Å². The minimum Gasteiger partial charge on any atom is -0.496 e. The Morgan fingerprint density at radius 3 is 2.71 bits per heavy atom. The van der Waals surface area contributed by atoms with Gasteiger partial charge in [0.05, 0.1) is 7.11 Å². The van der Waals surface area contributed by atoms with E-state index in [1.54, 1.807) is 13.4 Å². The molecule has 4 nitrogen and oxygen atoms in total. The van der Waals surface area contributed by atoms with Crippen LogP contribution in [0.3, 0.4) is 0 Å². The van der Waals surface area contributed by atoms with Gasteiger partial charge in [0.15, 0.2) is 0 Å². The Balaban J connectivity index is 1.81. The minimum atomic E-state index is 0.158. The van der Waals surface area contributed by atoms with Crippen LogP contribution in [0.5, 0.6) is 5.75 Å². The van der Waals surface area contributed by atoms with Gasteiger partial charge in [-0.05, 0) is 25.8 Å². The number of para-hydroxylation sites is 1. The van der Waals surface area contributed by atoms with Crippen molar-refractivity contribution in [2.75, 3.05) is 19.0 Å². The normalized spacial score (nSPS) is 16.1. The second-order valence-electron chi connectivity index (χ2n) is 5.73. The van der Waals surface area contributed by atoms with E-state index in [-0.39, 0.29) is 5.41 Å². The van der Waals surface area contributed by atoms with Crippen LogP contribution in [0.25, 0.3) is 0 Å². The number of hydrogen-bond donors (Lipinski definition) is 1. The van der Waals surface area contributed by atoms with Crippen LogP contribution in [0.1, 0.15) is 30.5 Å². The van der Waals surface area contributed by atoms with E-state index >= 15 is 0 Å². The molecule has 1 aliphatic rings. The summed E-state index contributed by atoms with van der Waals surface area (Å²) in [7, 11) is 1.74. The summed E-state index contributed by atoms with van der Waals surface area (Å²) >= 11 is 0. The highest BCUT2D eigenvalue weighted by Gasteiger charge is 2.40. The molecule has 0 atom stereocenters. The van der Waals surface area contributed by atoms with Crippen LogP contribution in [-0.4, -0.2) is 23.6 Å². The van der Waals surface area contributed by atoms with E-state index in [1.165, 1.54) is 24.8 Å². The number of rotatable bonds is 5. The van der Waals surface area contributed by atoms with Crippen LogP contribution in [-0.2, 0) is 5.41 Å². The fourth-order valence-electron chi connectivity index (χ4n) is 3.04. The maximum atomic E-state index is 5.54. The van der Waals surface area contributed by atoms with E-state index in [0.29, 0.717) is 0 Å². The maximum Gasteiger partial charge on any atom is 0.129 e. The number of methoxy groups -OCH3 is 1. The molecule has 0 spiro atoms. The highest BCUT2D eigenvalue weighted by molar-refractivity contribution is 5.44. The lowest BCUT2D eigenvalue weighted by atomic mass is 9.64. The van der Waals surface area contributed by atoms with Gasteiger partial charge >= 0.3 is 0 Å². The van der Waals surface area contributed by atoms with Gasteiger partial charge in [0.1, 0.15) is 17.9 Å². The van der Waals surface area contributed by atoms with Gasteiger partial charge < -0.3 is 10.1 Å². The maximum absolute atomic E-state index is 5.54. The fourth-order valence-corrected chi connectivity index (χ4v) is 3.04. The number of aryl methyl sites for hydroxylation is 1. The summed E-state index contributed by atoms with van der Waals surface area (Å²) in [5.41, 5.74) is 2.44. The third-order valence-corrected chi connectivity index (χ3v) is 4.40. The molecule has 2 aromatic rings. The molecule has 1 fully saturated rings. The number of nitrogens with one attached hydrogen (secondary N) is 1. The SMILES string of the molecule is COc1ccccc1C1(CNc2cc(C)ncn2)CCC1. The van der Waals surface area contributed by atoms with Crippen molar-refractivity contribution in [1.82, 2.24) is 9.97 Å². The average Bonchev–Trinajstić information content (AvgIpc) is 2.47. The molecule has 1 saturated carbocycles. The van der Waals surface area contributed by atoms with E-state index in [9.17, 15) is 0 Å². The molecule has 0 saturated heterocycles. The van der Waals surface area contributed by atoms with Crippen molar-refractivity contribution in [3.05, 3.63) is 47.9 Å². The highest BCUT2D eigenvalue weighted by atomic mass is 16.5. The lowest BCUT2D eigenvalue weighted by Crippen LogP contribution is -2.41. The molecule has 1 aromatic heterocycles. The number of nitrogens with zero attached hydrogens (tertiary/aromatic N) is 2. The Morgan fingerprint density at radius 1 is 1.24 bits per heavy atom. The Labute approximate surface area is 125 Å². The lowest BCUT2D eigenvalue weighted by molar-refractivity contribution is 0.250. The fraction of sp³-hybridized carbons (Fsp3) is 0.412. The monoisotopic (exact) mass is 283 g/mol. The van der Waals surface area contributed by atoms with Gasteiger partial charge in [-0.1, -0.05) is 24.6 Å². The van der Waals surface area contributed by atoms with Gasteiger partial charge in [0, 0.05) is 29.3 Å². The van der Waals surface area contributed by atoms with Crippen molar-refractivity contribution in [2.45, 2.75) is 31.6 Å². The second kappa shape index (κ2) is 5.72. The summed E-state index contributed by atoms with van der Waals surface area (Å²) in [6.45, 7) is 2.86. The molecular formula is C17H21N3O. The van der Waals surface area contributed by atoms with Crippen molar-refractivity contribution in [2.24, 2.45) is 0 Å². The Kier molecular flexibility index (Phi) is 3.78. The van der Waals surface area contributed by atoms with Gasteiger partial charge in [-0.3, -0.25) is 0 Å². The largest absolute Gasteiger partial charge is 0.496 e. The zero-order chi connectivity index (χ0) is 14.7. The standard InChI is InChI=1S/C17H21N3O/c1-13-10-16(20-12-19-13)18-11-17(8-5-9-17)14-6-3-4-7-15(14)21-2/h3-4,6-7,10,12H,5,8-9,11H2,1-2H3,(H,18,19,20). The number of ether oxygens (including phenoxy) is 1. The molecule has 4 heteroatoms. The van der Waals surface area contributed by atoms with E-state index in [1.807, 2.05) is 25.1 Å². The van der Waals surface area contributed by atoms with Crippen molar-refractivity contribution >= 4 is 5.82 Å². The molecule has 3 rings (SSSR count). The molecule has 1 aliphatic carbocycles. The van der Waals surface area contributed by atoms with Crippen molar-refractivity contribution in [1.29, 1.82) is 0 Å². The van der Waals surface area contributed by atoms with E-state index < -0.39 is 0 Å². The summed E-state index contributed by atoms with van der Waals surface area (Å²) in [6.07, 6.45) is 5.24. The first-order chi connectivity index (χ1) is 10.2. The van der Waals surface area contributed by atoms with Gasteiger partial charge in [-0.25, -0.2) is 9.97 Å². The molecule has 0 unspecified atom stereocenters. The molecule has 1 N–H and O–H groups in total. The molecule has 1 aromatic carbocycles. The minimum absolute atomic E-state index is 0.158. The molecule has 21 heavy (non-hydrogen) atoms. The van der Waals surface area contributed by atoms with Crippen LogP contribution >= 0.6 is 0 Å². The van der Waals surface area contributed by atoms with Crippen molar-refractivity contribution < 1.29 is 4.74 Å². The Morgan fingerprint density at radius 2 is 2.05 bits per heavy atom. The molecule has 0 radical (unpaired) electrons. The highest BCUT2D eigenvalue weighted by Crippen LogP contribution is 2.47. The van der Waals surface area contributed by atoms with Crippen LogP contribution in [0.2, 0.25) is 0 Å². The first kappa shape index (κ1) is 13.9. The van der Waals surface area contributed by atoms with Crippen LogP contribution in [0.15, 0.2) is 36.7 Å². The number of hydrogen-bond acceptors (Lipinski definition) is 4.